The fraction of sp³-hybridized carbons (Fsp3) is 1.00. The summed E-state index contributed by atoms with van der Waals surface area (Å²) < 4.78 is 0. The summed E-state index contributed by atoms with van der Waals surface area (Å²) in [4.78, 5) is 0. The predicted molar refractivity (Wildman–Crippen MR) is 91.4 cm³/mol. The molecule has 112 valence electrons. The molecule has 1 aliphatic heterocycles. The molecule has 1 saturated carbocycles. The number of thioether (sulfide) groups is 2. The van der Waals surface area contributed by atoms with E-state index in [0.29, 0.717) is 0 Å². The van der Waals surface area contributed by atoms with Crippen LogP contribution >= 0.6 is 23.5 Å². The van der Waals surface area contributed by atoms with Gasteiger partial charge in [-0.3, -0.25) is 0 Å². The van der Waals surface area contributed by atoms with Gasteiger partial charge in [0.05, 0.1) is 0 Å². The zero-order valence-corrected chi connectivity index (χ0v) is 14.5. The Labute approximate surface area is 128 Å². The summed E-state index contributed by atoms with van der Waals surface area (Å²) in [7, 11) is 0. The van der Waals surface area contributed by atoms with Crippen LogP contribution in [0.3, 0.4) is 0 Å². The van der Waals surface area contributed by atoms with Gasteiger partial charge in [0.15, 0.2) is 0 Å². The molecule has 0 aromatic heterocycles. The Morgan fingerprint density at radius 1 is 1.16 bits per heavy atom. The highest BCUT2D eigenvalue weighted by Gasteiger charge is 2.37. The van der Waals surface area contributed by atoms with Gasteiger partial charge in [0.25, 0.3) is 0 Å². The van der Waals surface area contributed by atoms with Crippen LogP contribution in [0.1, 0.15) is 52.9 Å². The van der Waals surface area contributed by atoms with Crippen LogP contribution in [-0.2, 0) is 0 Å². The normalized spacial score (nSPS) is 38.1. The highest BCUT2D eigenvalue weighted by molar-refractivity contribution is 8.07. The molecule has 2 aliphatic rings. The van der Waals surface area contributed by atoms with Crippen LogP contribution in [0.5, 0.6) is 0 Å². The van der Waals surface area contributed by atoms with E-state index in [0.717, 1.165) is 34.9 Å². The first-order chi connectivity index (χ1) is 9.26. The van der Waals surface area contributed by atoms with Crippen molar-refractivity contribution in [2.24, 2.45) is 11.8 Å². The Morgan fingerprint density at radius 3 is 2.63 bits per heavy atom. The number of rotatable bonds is 5. The van der Waals surface area contributed by atoms with E-state index in [1.807, 2.05) is 0 Å². The highest BCUT2D eigenvalue weighted by atomic mass is 32.2. The maximum Gasteiger partial charge on any atom is 0.0322 e. The Balaban J connectivity index is 2.04. The number of hydrogen-bond donors (Lipinski definition) is 1. The third-order valence-electron chi connectivity index (χ3n) is 4.77. The lowest BCUT2D eigenvalue weighted by Crippen LogP contribution is -2.50. The van der Waals surface area contributed by atoms with Gasteiger partial charge in [-0.15, -0.1) is 0 Å². The Bertz CT molecular complexity index is 259. The van der Waals surface area contributed by atoms with Crippen LogP contribution in [-0.4, -0.2) is 34.6 Å². The van der Waals surface area contributed by atoms with Gasteiger partial charge >= 0.3 is 0 Å². The van der Waals surface area contributed by atoms with Crippen LogP contribution in [0.4, 0.5) is 0 Å². The smallest absolute Gasteiger partial charge is 0.0322 e. The molecular weight excluding hydrogens is 270 g/mol. The van der Waals surface area contributed by atoms with Crippen LogP contribution < -0.4 is 5.32 Å². The second kappa shape index (κ2) is 8.19. The van der Waals surface area contributed by atoms with E-state index in [1.54, 1.807) is 0 Å². The topological polar surface area (TPSA) is 12.0 Å². The summed E-state index contributed by atoms with van der Waals surface area (Å²) in [5.41, 5.74) is 0. The summed E-state index contributed by atoms with van der Waals surface area (Å²) in [6.45, 7) is 8.24. The standard InChI is InChI=1S/C16H31NS2/c1-4-14-16(19-10-9-18-14)15(17-5-2)13-8-6-7-12(3)11-13/h12-17H,4-11H2,1-3H3. The maximum absolute atomic E-state index is 3.87. The average molecular weight is 302 g/mol. The fourth-order valence-corrected chi connectivity index (χ4v) is 7.21. The second-order valence-electron chi connectivity index (χ2n) is 6.27. The van der Waals surface area contributed by atoms with Gasteiger partial charge in [-0.1, -0.05) is 33.6 Å². The first-order valence-corrected chi connectivity index (χ1v) is 10.3. The molecule has 3 heteroatoms. The molecule has 19 heavy (non-hydrogen) atoms. The van der Waals surface area contributed by atoms with Crippen molar-refractivity contribution >= 4 is 23.5 Å². The van der Waals surface area contributed by atoms with E-state index in [9.17, 15) is 0 Å². The van der Waals surface area contributed by atoms with Crippen molar-refractivity contribution < 1.29 is 0 Å². The van der Waals surface area contributed by atoms with E-state index >= 15 is 0 Å². The molecule has 1 aliphatic carbocycles. The average Bonchev–Trinajstić information content (AvgIpc) is 2.45. The Morgan fingerprint density at radius 2 is 1.95 bits per heavy atom. The SMILES string of the molecule is CCNC(C1CCCC(C)C1)C1SCCSC1CC. The summed E-state index contributed by atoms with van der Waals surface area (Å²) >= 11 is 4.48. The van der Waals surface area contributed by atoms with Crippen molar-refractivity contribution in [2.45, 2.75) is 69.4 Å². The third kappa shape index (κ3) is 4.31. The van der Waals surface area contributed by atoms with Crippen molar-refractivity contribution in [3.63, 3.8) is 0 Å². The van der Waals surface area contributed by atoms with E-state index in [4.69, 9.17) is 0 Å². The minimum absolute atomic E-state index is 0.760. The maximum atomic E-state index is 3.87. The number of hydrogen-bond acceptors (Lipinski definition) is 3. The van der Waals surface area contributed by atoms with Crippen molar-refractivity contribution in [1.82, 2.24) is 5.32 Å². The molecular formula is C16H31NS2. The molecule has 0 amide bonds. The van der Waals surface area contributed by atoms with E-state index in [-0.39, 0.29) is 0 Å². The van der Waals surface area contributed by atoms with Gasteiger partial charge in [0.1, 0.15) is 0 Å². The molecule has 0 radical (unpaired) electrons. The first-order valence-electron chi connectivity index (χ1n) is 8.22. The van der Waals surface area contributed by atoms with Crippen LogP contribution in [0, 0.1) is 11.8 Å². The van der Waals surface area contributed by atoms with E-state index < -0.39 is 0 Å². The molecule has 0 aromatic rings. The van der Waals surface area contributed by atoms with Gasteiger partial charge in [0, 0.05) is 28.0 Å². The Hall–Kier alpha value is 0.660. The van der Waals surface area contributed by atoms with Gasteiger partial charge in [-0.2, -0.15) is 23.5 Å². The quantitative estimate of drug-likeness (QED) is 0.807. The molecule has 1 heterocycles. The highest BCUT2D eigenvalue weighted by Crippen LogP contribution is 2.41. The van der Waals surface area contributed by atoms with Gasteiger partial charge in [-0.05, 0) is 37.6 Å². The lowest BCUT2D eigenvalue weighted by molar-refractivity contribution is 0.219. The van der Waals surface area contributed by atoms with Crippen molar-refractivity contribution in [1.29, 1.82) is 0 Å². The summed E-state index contributed by atoms with van der Waals surface area (Å²) in [6, 6.07) is 0.760. The zero-order valence-electron chi connectivity index (χ0n) is 12.9. The van der Waals surface area contributed by atoms with Crippen molar-refractivity contribution in [3.8, 4) is 0 Å². The minimum Gasteiger partial charge on any atom is -0.313 e. The molecule has 1 nitrogen and oxygen atoms in total. The predicted octanol–water partition coefficient (Wildman–Crippen LogP) is 4.42. The molecule has 2 rings (SSSR count). The fourth-order valence-electron chi connectivity index (χ4n) is 3.86. The molecule has 5 atom stereocenters. The van der Waals surface area contributed by atoms with Crippen molar-refractivity contribution in [3.05, 3.63) is 0 Å². The second-order valence-corrected chi connectivity index (χ2v) is 8.90. The zero-order chi connectivity index (χ0) is 13.7. The largest absolute Gasteiger partial charge is 0.313 e. The first kappa shape index (κ1) is 16.0. The number of nitrogens with one attached hydrogen (secondary N) is 1. The van der Waals surface area contributed by atoms with E-state index in [2.05, 4.69) is 49.6 Å². The van der Waals surface area contributed by atoms with Gasteiger partial charge in [0.2, 0.25) is 0 Å². The van der Waals surface area contributed by atoms with E-state index in [1.165, 1.54) is 43.6 Å². The van der Waals surface area contributed by atoms with Crippen LogP contribution in [0.2, 0.25) is 0 Å². The summed E-state index contributed by atoms with van der Waals surface area (Å²) in [5, 5.41) is 5.59. The van der Waals surface area contributed by atoms with Crippen LogP contribution in [0.15, 0.2) is 0 Å². The third-order valence-corrected chi connectivity index (χ3v) is 8.14. The minimum atomic E-state index is 0.760. The Kier molecular flexibility index (Phi) is 6.91. The van der Waals surface area contributed by atoms with Gasteiger partial charge in [-0.25, -0.2) is 0 Å². The van der Waals surface area contributed by atoms with Crippen LogP contribution in [0.25, 0.3) is 0 Å². The van der Waals surface area contributed by atoms with Crippen molar-refractivity contribution in [2.75, 3.05) is 18.1 Å². The molecule has 0 bridgehead atoms. The summed E-state index contributed by atoms with van der Waals surface area (Å²) in [6.07, 6.45) is 7.16. The molecule has 2 fully saturated rings. The lowest BCUT2D eigenvalue weighted by Gasteiger charge is -2.42. The molecule has 1 saturated heterocycles. The monoisotopic (exact) mass is 301 g/mol. The molecule has 5 unspecified atom stereocenters. The summed E-state index contributed by atoms with van der Waals surface area (Å²) in [5.74, 6) is 4.59. The van der Waals surface area contributed by atoms with Gasteiger partial charge < -0.3 is 5.32 Å². The molecule has 1 N–H and O–H groups in total. The molecule has 0 spiro atoms. The lowest BCUT2D eigenvalue weighted by atomic mass is 9.77. The molecule has 0 aromatic carbocycles.